The van der Waals surface area contributed by atoms with Gasteiger partial charge in [0, 0.05) is 17.0 Å². The van der Waals surface area contributed by atoms with Crippen LogP contribution in [0.4, 0.5) is 0 Å². The molecule has 134 valence electrons. The molecule has 0 aliphatic rings. The number of hydrogen-bond donors (Lipinski definition) is 0. The monoisotopic (exact) mass is 352 g/mol. The molecule has 0 aliphatic carbocycles. The van der Waals surface area contributed by atoms with Gasteiger partial charge in [0.25, 0.3) is 0 Å². The number of rotatable bonds is 6. The molecule has 1 aromatic carbocycles. The predicted molar refractivity (Wildman–Crippen MR) is 102 cm³/mol. The smallest absolute Gasteiger partial charge is 0.344 e. The van der Waals surface area contributed by atoms with Crippen LogP contribution in [0.5, 0.6) is 5.75 Å². The van der Waals surface area contributed by atoms with E-state index < -0.39 is 11.6 Å². The highest BCUT2D eigenvalue weighted by Gasteiger charge is 2.10. The van der Waals surface area contributed by atoms with Crippen LogP contribution in [0.1, 0.15) is 19.4 Å². The Balaban J connectivity index is 2.36. The van der Waals surface area contributed by atoms with Gasteiger partial charge in [-0.25, -0.2) is 9.59 Å². The molecule has 0 radical (unpaired) electrons. The maximum absolute atomic E-state index is 12.3. The molecule has 0 fully saturated rings. The van der Waals surface area contributed by atoms with E-state index in [1.54, 1.807) is 50.5 Å². The Bertz CT molecular complexity index is 989. The van der Waals surface area contributed by atoms with Crippen molar-refractivity contribution in [2.24, 2.45) is 0 Å². The number of hydrogen-bond acceptors (Lipinski definition) is 5. The maximum atomic E-state index is 12.3. The summed E-state index contributed by atoms with van der Waals surface area (Å²) in [5.41, 5.74) is 0.895. The Kier molecular flexibility index (Phi) is 5.96. The number of esters is 1. The molecule has 0 atom stereocenters. The summed E-state index contributed by atoms with van der Waals surface area (Å²) in [6.07, 6.45) is 5.19. The van der Waals surface area contributed by atoms with E-state index >= 15 is 0 Å². The number of carbonyl (C=O) groups is 1. The maximum Gasteiger partial charge on any atom is 0.344 e. The van der Waals surface area contributed by atoms with Gasteiger partial charge in [-0.15, -0.1) is 0 Å². The summed E-state index contributed by atoms with van der Waals surface area (Å²) in [6, 6.07) is 6.49. The highest BCUT2D eigenvalue weighted by molar-refractivity contribution is 5.90. The third-order valence-corrected chi connectivity index (χ3v) is 3.58. The van der Waals surface area contributed by atoms with Gasteiger partial charge in [-0.2, -0.15) is 0 Å². The van der Waals surface area contributed by atoms with Gasteiger partial charge >= 0.3 is 11.6 Å². The molecule has 0 saturated carbocycles. The Morgan fingerprint density at radius 2 is 1.92 bits per heavy atom. The van der Waals surface area contributed by atoms with Crippen molar-refractivity contribution in [2.45, 2.75) is 13.8 Å². The largest absolute Gasteiger partial charge is 0.497 e. The average Bonchev–Trinajstić information content (AvgIpc) is 2.61. The molecule has 5 heteroatoms. The first-order chi connectivity index (χ1) is 12.3. The number of ether oxygens (including phenoxy) is 2. The molecule has 0 unspecified atom stereocenters. The first-order valence-corrected chi connectivity index (χ1v) is 7.89. The van der Waals surface area contributed by atoms with Crippen molar-refractivity contribution in [3.05, 3.63) is 83.0 Å². The first-order valence-electron chi connectivity index (χ1n) is 7.89. The normalized spacial score (nSPS) is 11.6. The predicted octanol–water partition coefficient (Wildman–Crippen LogP) is 4.39. The van der Waals surface area contributed by atoms with Crippen molar-refractivity contribution >= 4 is 22.5 Å². The molecule has 26 heavy (non-hydrogen) atoms. The molecule has 0 spiro atoms. The third kappa shape index (κ3) is 4.39. The zero-order valence-electron chi connectivity index (χ0n) is 15.0. The van der Waals surface area contributed by atoms with Crippen LogP contribution in [-0.4, -0.2) is 13.1 Å². The molecule has 2 rings (SSSR count). The lowest BCUT2D eigenvalue weighted by molar-refractivity contribution is -0.130. The lowest BCUT2D eigenvalue weighted by atomic mass is 10.1. The Hall–Kier alpha value is -3.34. The van der Waals surface area contributed by atoms with Gasteiger partial charge in [0.15, 0.2) is 0 Å². The number of methoxy groups -OCH3 is 1. The van der Waals surface area contributed by atoms with E-state index in [4.69, 9.17) is 13.9 Å². The summed E-state index contributed by atoms with van der Waals surface area (Å²) >= 11 is 0. The van der Waals surface area contributed by atoms with Crippen molar-refractivity contribution in [1.82, 2.24) is 0 Å². The van der Waals surface area contributed by atoms with Crippen LogP contribution >= 0.6 is 0 Å². The van der Waals surface area contributed by atoms with Gasteiger partial charge in [0.2, 0.25) is 0 Å². The van der Waals surface area contributed by atoms with Crippen molar-refractivity contribution in [3.8, 4) is 5.75 Å². The van der Waals surface area contributed by atoms with Crippen LogP contribution in [0.3, 0.4) is 0 Å². The fourth-order valence-corrected chi connectivity index (χ4v) is 2.13. The lowest BCUT2D eigenvalue weighted by Crippen LogP contribution is -2.08. The molecule has 0 aliphatic heterocycles. The number of fused-ring (bicyclic) bond motifs is 1. The van der Waals surface area contributed by atoms with Crippen LogP contribution in [0, 0.1) is 0 Å². The van der Waals surface area contributed by atoms with Gasteiger partial charge in [-0.3, -0.25) is 0 Å². The van der Waals surface area contributed by atoms with Crippen molar-refractivity contribution in [2.75, 3.05) is 7.11 Å². The molecule has 0 amide bonds. The van der Waals surface area contributed by atoms with Crippen molar-refractivity contribution in [1.29, 1.82) is 0 Å². The molecule has 1 aromatic heterocycles. The summed E-state index contributed by atoms with van der Waals surface area (Å²) in [7, 11) is 1.56. The fraction of sp³-hybridized carbons (Fsp3) is 0.143. The van der Waals surface area contributed by atoms with E-state index in [0.717, 1.165) is 0 Å². The standard InChI is InChI=1S/C21H20O5/c1-6-16(24-5)9-7-14(4)18-11-15-8-10-17(25-20(22)13(2)3)12-19(15)26-21(18)23/h6-12H,2,4H2,1,3,5H3/b9-7-,16-6+. The molecule has 2 aromatic rings. The second kappa shape index (κ2) is 8.16. The number of carbonyl (C=O) groups excluding carboxylic acids is 1. The van der Waals surface area contributed by atoms with Crippen molar-refractivity contribution < 1.29 is 18.7 Å². The SMILES string of the molecule is C=C(C)C(=O)Oc1ccc2cc(C(=C)/C=C\C(=C/C)OC)c(=O)oc2c1. The van der Waals surface area contributed by atoms with Gasteiger partial charge in [0.05, 0.1) is 12.7 Å². The zero-order chi connectivity index (χ0) is 19.3. The second-order valence-corrected chi connectivity index (χ2v) is 5.57. The Morgan fingerprint density at radius 1 is 1.19 bits per heavy atom. The summed E-state index contributed by atoms with van der Waals surface area (Å²) in [4.78, 5) is 23.9. The first kappa shape index (κ1) is 19.0. The van der Waals surface area contributed by atoms with Crippen molar-refractivity contribution in [3.63, 3.8) is 0 Å². The molecule has 0 bridgehead atoms. The van der Waals surface area contributed by atoms with E-state index in [0.29, 0.717) is 27.9 Å². The summed E-state index contributed by atoms with van der Waals surface area (Å²) in [5, 5.41) is 0.683. The van der Waals surface area contributed by atoms with E-state index in [-0.39, 0.29) is 11.3 Å². The highest BCUT2D eigenvalue weighted by atomic mass is 16.5. The molecule has 0 N–H and O–H groups in total. The minimum absolute atomic E-state index is 0.276. The molecule has 1 heterocycles. The fourth-order valence-electron chi connectivity index (χ4n) is 2.13. The van der Waals surface area contributed by atoms with Gasteiger partial charge in [0.1, 0.15) is 17.1 Å². The molecule has 0 saturated heterocycles. The van der Waals surface area contributed by atoms with Crippen LogP contribution in [0.15, 0.2) is 76.2 Å². The molecular weight excluding hydrogens is 332 g/mol. The van der Waals surface area contributed by atoms with E-state index in [2.05, 4.69) is 13.2 Å². The van der Waals surface area contributed by atoms with Gasteiger partial charge in [-0.05, 0) is 49.8 Å². The zero-order valence-corrected chi connectivity index (χ0v) is 15.0. The van der Waals surface area contributed by atoms with Gasteiger partial charge < -0.3 is 13.9 Å². The van der Waals surface area contributed by atoms with E-state index in [1.165, 1.54) is 6.07 Å². The molecular formula is C21H20O5. The average molecular weight is 352 g/mol. The summed E-state index contributed by atoms with van der Waals surface area (Å²) in [6.45, 7) is 10.8. The summed E-state index contributed by atoms with van der Waals surface area (Å²) < 4.78 is 15.6. The van der Waals surface area contributed by atoms with Crippen LogP contribution < -0.4 is 10.4 Å². The van der Waals surface area contributed by atoms with Gasteiger partial charge in [-0.1, -0.05) is 19.2 Å². The third-order valence-electron chi connectivity index (χ3n) is 3.58. The quantitative estimate of drug-likeness (QED) is 0.193. The second-order valence-electron chi connectivity index (χ2n) is 5.57. The number of allylic oxidation sites excluding steroid dienone is 4. The Labute approximate surface area is 151 Å². The minimum atomic E-state index is -0.542. The van der Waals surface area contributed by atoms with Crippen LogP contribution in [0.2, 0.25) is 0 Å². The topological polar surface area (TPSA) is 65.7 Å². The highest BCUT2D eigenvalue weighted by Crippen LogP contribution is 2.23. The van der Waals surface area contributed by atoms with Crippen LogP contribution in [-0.2, 0) is 9.53 Å². The lowest BCUT2D eigenvalue weighted by Gasteiger charge is -2.06. The minimum Gasteiger partial charge on any atom is -0.497 e. The van der Waals surface area contributed by atoms with Crippen LogP contribution in [0.25, 0.3) is 16.5 Å². The summed E-state index contributed by atoms with van der Waals surface area (Å²) in [5.74, 6) is 0.387. The molecule has 5 nitrogen and oxygen atoms in total. The Morgan fingerprint density at radius 3 is 2.54 bits per heavy atom. The van der Waals surface area contributed by atoms with E-state index in [1.807, 2.05) is 6.92 Å². The van der Waals surface area contributed by atoms with E-state index in [9.17, 15) is 9.59 Å². The number of benzene rings is 1.